The van der Waals surface area contributed by atoms with E-state index in [0.29, 0.717) is 24.2 Å². The van der Waals surface area contributed by atoms with Crippen LogP contribution in [0.5, 0.6) is 11.5 Å². The molecule has 9 heteroatoms. The summed E-state index contributed by atoms with van der Waals surface area (Å²) in [5.74, 6) is -0.554. The van der Waals surface area contributed by atoms with E-state index in [9.17, 15) is 14.5 Å². The maximum absolute atomic E-state index is 13.5. The zero-order valence-corrected chi connectivity index (χ0v) is 21.3. The number of hydrogen-bond acceptors (Lipinski definition) is 8. The number of phosphoric acid groups is 1. The number of phenols is 1. The molecule has 192 valence electrons. The van der Waals surface area contributed by atoms with Crippen molar-refractivity contribution in [2.75, 3.05) is 13.2 Å². The number of aryl methyl sites for hydroxylation is 1. The first kappa shape index (κ1) is 27.4. The molecular formula is C27H31O8P. The first-order valence-electron chi connectivity index (χ1n) is 11.6. The fourth-order valence-corrected chi connectivity index (χ4v) is 4.27. The maximum Gasteiger partial charge on any atom is 0.475 e. The highest BCUT2D eigenvalue weighted by molar-refractivity contribution is 7.48. The number of hydrogen-bond donors (Lipinski definition) is 1. The van der Waals surface area contributed by atoms with Gasteiger partial charge < -0.3 is 14.6 Å². The van der Waals surface area contributed by atoms with Crippen LogP contribution in [0.2, 0.25) is 0 Å². The molecule has 0 aliphatic rings. The quantitative estimate of drug-likeness (QED) is 0.204. The molecule has 0 heterocycles. The number of ether oxygens (including phenoxy) is 2. The fourth-order valence-electron chi connectivity index (χ4n) is 3.13. The van der Waals surface area contributed by atoms with E-state index in [-0.39, 0.29) is 37.9 Å². The predicted octanol–water partition coefficient (Wildman–Crippen LogP) is 6.09. The van der Waals surface area contributed by atoms with Crippen LogP contribution in [-0.2, 0) is 47.5 Å². The van der Waals surface area contributed by atoms with E-state index in [1.165, 1.54) is 6.07 Å². The van der Waals surface area contributed by atoms with E-state index in [1.54, 1.807) is 13.0 Å². The Morgan fingerprint density at radius 1 is 0.833 bits per heavy atom. The van der Waals surface area contributed by atoms with Crippen molar-refractivity contribution in [3.05, 3.63) is 95.1 Å². The monoisotopic (exact) mass is 514 g/mol. The Labute approximate surface area is 211 Å². The molecule has 3 aromatic carbocycles. The fraction of sp³-hybridized carbons (Fsp3) is 0.296. The van der Waals surface area contributed by atoms with Gasteiger partial charge in [0.2, 0.25) is 0 Å². The molecule has 0 saturated heterocycles. The van der Waals surface area contributed by atoms with Crippen LogP contribution in [0.15, 0.2) is 72.8 Å². The largest absolute Gasteiger partial charge is 0.504 e. The first-order valence-corrected chi connectivity index (χ1v) is 13.1. The van der Waals surface area contributed by atoms with Gasteiger partial charge in [-0.15, -0.1) is 0 Å². The van der Waals surface area contributed by atoms with Gasteiger partial charge in [-0.25, -0.2) is 9.36 Å². The summed E-state index contributed by atoms with van der Waals surface area (Å²) in [6.45, 7) is 3.44. The molecular weight excluding hydrogens is 483 g/mol. The Kier molecular flexibility index (Phi) is 10.5. The van der Waals surface area contributed by atoms with Crippen molar-refractivity contribution in [1.82, 2.24) is 0 Å². The molecule has 0 fully saturated rings. The smallest absolute Gasteiger partial charge is 0.475 e. The van der Waals surface area contributed by atoms with E-state index >= 15 is 0 Å². The minimum absolute atomic E-state index is 0.0374. The second-order valence-corrected chi connectivity index (χ2v) is 9.68. The number of benzene rings is 3. The van der Waals surface area contributed by atoms with Gasteiger partial charge in [-0.1, -0.05) is 67.6 Å². The van der Waals surface area contributed by atoms with Gasteiger partial charge in [0, 0.05) is 0 Å². The third-order valence-corrected chi connectivity index (χ3v) is 6.33. The summed E-state index contributed by atoms with van der Waals surface area (Å²) < 4.78 is 40.8. The van der Waals surface area contributed by atoms with Gasteiger partial charge in [0.25, 0.3) is 0 Å². The zero-order valence-electron chi connectivity index (χ0n) is 20.4. The van der Waals surface area contributed by atoms with Crippen LogP contribution in [0, 0.1) is 6.92 Å². The second kappa shape index (κ2) is 13.8. The van der Waals surface area contributed by atoms with Gasteiger partial charge >= 0.3 is 13.8 Å². The van der Waals surface area contributed by atoms with Crippen LogP contribution >= 0.6 is 7.82 Å². The predicted molar refractivity (Wildman–Crippen MR) is 134 cm³/mol. The molecule has 3 rings (SSSR count). The number of aromatic hydroxyl groups is 1. The van der Waals surface area contributed by atoms with Crippen molar-refractivity contribution >= 4 is 13.8 Å². The summed E-state index contributed by atoms with van der Waals surface area (Å²) in [7, 11) is -3.98. The summed E-state index contributed by atoms with van der Waals surface area (Å²) in [6.07, 6.45) is 0.696. The summed E-state index contributed by atoms with van der Waals surface area (Å²) in [5.41, 5.74) is 2.68. The van der Waals surface area contributed by atoms with E-state index in [1.807, 2.05) is 67.6 Å². The van der Waals surface area contributed by atoms with Crippen molar-refractivity contribution in [3.8, 4) is 11.5 Å². The second-order valence-electron chi connectivity index (χ2n) is 8.01. The van der Waals surface area contributed by atoms with Crippen molar-refractivity contribution in [3.63, 3.8) is 0 Å². The molecule has 0 aliphatic heterocycles. The number of phenolic OH excluding ortho intramolecular Hbond substituents is 1. The van der Waals surface area contributed by atoms with E-state index in [2.05, 4.69) is 0 Å². The van der Waals surface area contributed by atoms with Gasteiger partial charge in [0.1, 0.15) is 0 Å². The molecule has 0 spiro atoms. The van der Waals surface area contributed by atoms with E-state index in [0.717, 1.165) is 11.1 Å². The first-order chi connectivity index (χ1) is 17.4. The number of carbonyl (C=O) groups is 1. The summed E-state index contributed by atoms with van der Waals surface area (Å²) in [6, 6.07) is 21.7. The van der Waals surface area contributed by atoms with Gasteiger partial charge in [0.05, 0.1) is 26.4 Å². The molecule has 3 aromatic rings. The molecule has 0 unspecified atom stereocenters. The third-order valence-electron chi connectivity index (χ3n) is 4.99. The average molecular weight is 515 g/mol. The number of rotatable bonds is 14. The van der Waals surface area contributed by atoms with Crippen LogP contribution < -0.4 is 4.74 Å². The molecule has 0 atom stereocenters. The van der Waals surface area contributed by atoms with Gasteiger partial charge in [-0.05, 0) is 47.7 Å². The van der Waals surface area contributed by atoms with Crippen LogP contribution in [0.4, 0.5) is 0 Å². The Bertz CT molecular complexity index is 1100. The van der Waals surface area contributed by atoms with Gasteiger partial charge in [-0.3, -0.25) is 13.6 Å². The summed E-state index contributed by atoms with van der Waals surface area (Å²) >= 11 is 0. The lowest BCUT2D eigenvalue weighted by atomic mass is 10.1. The van der Waals surface area contributed by atoms with Crippen LogP contribution in [0.3, 0.4) is 0 Å². The lowest BCUT2D eigenvalue weighted by Crippen LogP contribution is -2.15. The Morgan fingerprint density at radius 2 is 1.36 bits per heavy atom. The minimum Gasteiger partial charge on any atom is -0.504 e. The van der Waals surface area contributed by atoms with Crippen molar-refractivity contribution in [1.29, 1.82) is 0 Å². The summed E-state index contributed by atoms with van der Waals surface area (Å²) in [4.78, 5) is 11.8. The highest BCUT2D eigenvalue weighted by Gasteiger charge is 2.27. The Morgan fingerprint density at radius 3 is 1.89 bits per heavy atom. The highest BCUT2D eigenvalue weighted by atomic mass is 31.2. The SMILES string of the molecule is CCCOC(=O)COc1cc(COP(=O)(OCc2ccccc2)OCc2ccccc2)cc(C)c1O. The van der Waals surface area contributed by atoms with Crippen molar-refractivity contribution in [2.45, 2.75) is 40.1 Å². The molecule has 0 aliphatic carbocycles. The van der Waals surface area contributed by atoms with Crippen LogP contribution in [-0.4, -0.2) is 24.3 Å². The summed E-state index contributed by atoms with van der Waals surface area (Å²) in [5, 5.41) is 10.3. The highest BCUT2D eigenvalue weighted by Crippen LogP contribution is 2.52. The molecule has 36 heavy (non-hydrogen) atoms. The zero-order chi connectivity index (χ0) is 25.8. The third kappa shape index (κ3) is 8.81. The van der Waals surface area contributed by atoms with E-state index in [4.69, 9.17) is 23.0 Å². The minimum atomic E-state index is -3.98. The van der Waals surface area contributed by atoms with Crippen LogP contribution in [0.25, 0.3) is 0 Å². The Hall–Kier alpha value is -3.16. The molecule has 8 nitrogen and oxygen atoms in total. The van der Waals surface area contributed by atoms with Crippen molar-refractivity contribution < 1.29 is 37.5 Å². The maximum atomic E-state index is 13.5. The van der Waals surface area contributed by atoms with E-state index < -0.39 is 13.8 Å². The number of phosphoric ester groups is 1. The number of esters is 1. The normalized spacial score (nSPS) is 11.3. The lowest BCUT2D eigenvalue weighted by Gasteiger charge is -2.19. The van der Waals surface area contributed by atoms with Crippen molar-refractivity contribution in [2.24, 2.45) is 0 Å². The molecule has 0 amide bonds. The van der Waals surface area contributed by atoms with Crippen LogP contribution in [0.1, 0.15) is 35.6 Å². The van der Waals surface area contributed by atoms with Gasteiger partial charge in [-0.2, -0.15) is 0 Å². The standard InChI is InChI=1S/C27H31O8P/c1-3-14-31-26(28)20-32-25-16-24(15-21(2)27(25)29)19-35-36(30,33-17-22-10-6-4-7-11-22)34-18-23-12-8-5-9-13-23/h4-13,15-16,29H,3,14,17-20H2,1-2H3. The Balaban J connectivity index is 1.69. The molecule has 0 aromatic heterocycles. The molecule has 0 saturated carbocycles. The molecule has 0 bridgehead atoms. The molecule has 1 N–H and O–H groups in total. The lowest BCUT2D eigenvalue weighted by molar-refractivity contribution is -0.146. The molecule has 0 radical (unpaired) electrons. The topological polar surface area (TPSA) is 101 Å². The number of carbonyl (C=O) groups excluding carboxylic acids is 1. The average Bonchev–Trinajstić information content (AvgIpc) is 2.90. The van der Waals surface area contributed by atoms with Gasteiger partial charge in [0.15, 0.2) is 18.1 Å².